The fourth-order valence-electron chi connectivity index (χ4n) is 5.77. The highest BCUT2D eigenvalue weighted by atomic mass is 28.3. The third-order valence-electron chi connectivity index (χ3n) is 7.08. The molecule has 200 valence electrons. The highest BCUT2D eigenvalue weighted by Gasteiger charge is 2.46. The van der Waals surface area contributed by atoms with Gasteiger partial charge in [-0.15, -0.1) is 0 Å². The van der Waals surface area contributed by atoms with Gasteiger partial charge in [0.05, 0.1) is 5.69 Å². The van der Waals surface area contributed by atoms with E-state index in [2.05, 4.69) is 63.0 Å². The molecule has 0 unspecified atom stereocenters. The van der Waals surface area contributed by atoms with E-state index in [1.807, 2.05) is 39.0 Å². The van der Waals surface area contributed by atoms with Crippen LogP contribution in [0.15, 0.2) is 48.8 Å². The van der Waals surface area contributed by atoms with Crippen molar-refractivity contribution in [3.63, 3.8) is 0 Å². The van der Waals surface area contributed by atoms with Gasteiger partial charge in [0, 0.05) is 24.5 Å². The fraction of sp³-hybridized carbons (Fsp3) is 0.483. The molecule has 0 aliphatic rings. The van der Waals surface area contributed by atoms with Gasteiger partial charge in [-0.25, -0.2) is 24.1 Å². The summed E-state index contributed by atoms with van der Waals surface area (Å²) >= 11 is 0. The molecule has 1 amide bonds. The zero-order valence-electron chi connectivity index (χ0n) is 23.8. The van der Waals surface area contributed by atoms with Gasteiger partial charge < -0.3 is 8.97 Å². The summed E-state index contributed by atoms with van der Waals surface area (Å²) in [7, 11) is -0.537. The number of carbonyl (C=O) groups excluding carboxylic acids is 1. The molecule has 6 nitrogen and oxygen atoms in total. The second-order valence-corrected chi connectivity index (χ2v) is 17.3. The normalized spacial score (nSPS) is 12.5. The summed E-state index contributed by atoms with van der Waals surface area (Å²) in [6.45, 7) is 19.4. The van der Waals surface area contributed by atoms with Crippen LogP contribution in [0.5, 0.6) is 0 Å². The van der Waals surface area contributed by atoms with E-state index < -0.39 is 19.9 Å². The van der Waals surface area contributed by atoms with E-state index in [1.54, 1.807) is 13.2 Å². The molecule has 0 radical (unpaired) electrons. The van der Waals surface area contributed by atoms with E-state index in [0.717, 1.165) is 16.8 Å². The number of amides is 1. The first-order valence-electron chi connectivity index (χ1n) is 13.0. The molecule has 0 saturated carbocycles. The molecule has 0 spiro atoms. The van der Waals surface area contributed by atoms with Crippen LogP contribution in [0.3, 0.4) is 0 Å². The molecule has 0 aliphatic heterocycles. The van der Waals surface area contributed by atoms with Gasteiger partial charge in [-0.1, -0.05) is 41.5 Å². The smallest absolute Gasteiger partial charge is 0.416 e. The number of aromatic nitrogens is 3. The second-order valence-electron chi connectivity index (χ2n) is 11.6. The van der Waals surface area contributed by atoms with Gasteiger partial charge in [-0.2, -0.15) is 0 Å². The molecule has 0 fully saturated rings. The quantitative estimate of drug-likeness (QED) is 0.293. The number of benzene rings is 1. The third kappa shape index (κ3) is 5.64. The monoisotopic (exact) mass is 524 g/mol. The van der Waals surface area contributed by atoms with Crippen molar-refractivity contribution in [3.8, 4) is 22.5 Å². The Bertz CT molecular complexity index is 1210. The van der Waals surface area contributed by atoms with Crippen molar-refractivity contribution in [2.75, 3.05) is 11.9 Å². The molecule has 2 heterocycles. The molecular formula is C29H41FN4O2Si. The molecule has 0 saturated heterocycles. The van der Waals surface area contributed by atoms with Crippen molar-refractivity contribution >= 4 is 20.3 Å². The molecule has 3 rings (SSSR count). The maximum absolute atomic E-state index is 13.9. The predicted octanol–water partition coefficient (Wildman–Crippen LogP) is 8.15. The van der Waals surface area contributed by atoms with Crippen LogP contribution < -0.4 is 4.90 Å². The van der Waals surface area contributed by atoms with Gasteiger partial charge >= 0.3 is 6.09 Å². The number of nitrogens with zero attached hydrogens (tertiary/aromatic N) is 4. The van der Waals surface area contributed by atoms with Gasteiger partial charge in [0.2, 0.25) is 5.95 Å². The summed E-state index contributed by atoms with van der Waals surface area (Å²) in [4.78, 5) is 23.1. The Morgan fingerprint density at radius 3 is 2.05 bits per heavy atom. The van der Waals surface area contributed by atoms with Crippen molar-refractivity contribution < 1.29 is 13.9 Å². The third-order valence-corrected chi connectivity index (χ3v) is 13.8. The van der Waals surface area contributed by atoms with Gasteiger partial charge in [-0.3, -0.25) is 0 Å². The lowest BCUT2D eigenvalue weighted by Gasteiger charge is -2.45. The summed E-state index contributed by atoms with van der Waals surface area (Å²) in [5.74, 6) is -0.0172. The van der Waals surface area contributed by atoms with Crippen LogP contribution in [0.4, 0.5) is 15.1 Å². The van der Waals surface area contributed by atoms with Crippen molar-refractivity contribution in [1.29, 1.82) is 0 Å². The van der Waals surface area contributed by atoms with Crippen LogP contribution >= 0.6 is 0 Å². The zero-order valence-corrected chi connectivity index (χ0v) is 24.8. The highest BCUT2D eigenvalue weighted by Crippen LogP contribution is 2.47. The maximum atomic E-state index is 13.9. The van der Waals surface area contributed by atoms with E-state index in [4.69, 9.17) is 9.72 Å². The van der Waals surface area contributed by atoms with Crippen molar-refractivity contribution in [3.05, 3.63) is 54.6 Å². The van der Waals surface area contributed by atoms with Gasteiger partial charge in [0.25, 0.3) is 0 Å². The lowest BCUT2D eigenvalue weighted by atomic mass is 10.1. The summed E-state index contributed by atoms with van der Waals surface area (Å²) in [5, 5.41) is 0. The molecule has 0 atom stereocenters. The van der Waals surface area contributed by atoms with Gasteiger partial charge in [0.1, 0.15) is 11.4 Å². The van der Waals surface area contributed by atoms with E-state index in [1.165, 1.54) is 17.0 Å². The molecule has 0 N–H and O–H groups in total. The first-order chi connectivity index (χ1) is 17.2. The first-order valence-corrected chi connectivity index (χ1v) is 15.2. The number of halogens is 1. The number of hydrogen-bond donors (Lipinski definition) is 0. The standard InChI is InChI=1S/C29H41FN4O2Si/c1-19(2)37(20(3)4,21(5)6)34-18-16-24(26(34)22-11-13-23(30)14-12-22)25-15-17-31-27(32-25)33(10)28(35)36-29(7,8)9/h11-21H,1-10H3. The molecular weight excluding hydrogens is 483 g/mol. The number of carbonyl (C=O) groups is 1. The number of hydrogen-bond acceptors (Lipinski definition) is 4. The first kappa shape index (κ1) is 28.6. The minimum absolute atomic E-state index is 0.254. The van der Waals surface area contributed by atoms with Crippen LogP contribution in [-0.4, -0.2) is 41.2 Å². The van der Waals surface area contributed by atoms with Crippen molar-refractivity contribution in [2.24, 2.45) is 0 Å². The fourth-order valence-corrected chi connectivity index (χ4v) is 12.4. The second kappa shape index (κ2) is 10.8. The minimum Gasteiger partial charge on any atom is -0.443 e. The largest absolute Gasteiger partial charge is 0.443 e. The van der Waals surface area contributed by atoms with E-state index in [9.17, 15) is 9.18 Å². The van der Waals surface area contributed by atoms with Crippen LogP contribution in [0.2, 0.25) is 16.6 Å². The van der Waals surface area contributed by atoms with Crippen LogP contribution in [0, 0.1) is 5.82 Å². The number of rotatable bonds is 7. The minimum atomic E-state index is -2.14. The average Bonchev–Trinajstić information content (AvgIpc) is 3.22. The van der Waals surface area contributed by atoms with Gasteiger partial charge in [-0.05, 0) is 85.6 Å². The van der Waals surface area contributed by atoms with Crippen LogP contribution in [-0.2, 0) is 4.74 Å². The van der Waals surface area contributed by atoms with E-state index >= 15 is 0 Å². The Hall–Kier alpha value is -3.00. The summed E-state index contributed by atoms with van der Waals surface area (Å²) < 4.78 is 21.9. The molecule has 0 bridgehead atoms. The predicted molar refractivity (Wildman–Crippen MR) is 152 cm³/mol. The molecule has 1 aromatic carbocycles. The Morgan fingerprint density at radius 1 is 0.973 bits per heavy atom. The Kier molecular flexibility index (Phi) is 8.32. The van der Waals surface area contributed by atoms with E-state index in [0.29, 0.717) is 22.3 Å². The van der Waals surface area contributed by atoms with Crippen LogP contribution in [0.25, 0.3) is 22.5 Å². The van der Waals surface area contributed by atoms with Crippen molar-refractivity contribution in [2.45, 2.75) is 84.5 Å². The summed E-state index contributed by atoms with van der Waals surface area (Å²) in [6.07, 6.45) is 3.31. The molecule has 37 heavy (non-hydrogen) atoms. The number of anilines is 1. The summed E-state index contributed by atoms with van der Waals surface area (Å²) in [5.41, 5.74) is 4.33. The van der Waals surface area contributed by atoms with E-state index in [-0.39, 0.29) is 11.8 Å². The SMILES string of the molecule is CC(C)[Si](C(C)C)(C(C)C)n1ccc(-c2ccnc(N(C)C(=O)OC(C)(C)C)n2)c1-c1ccc(F)cc1. The molecule has 8 heteroatoms. The Balaban J connectivity index is 2.24. The Morgan fingerprint density at radius 2 is 1.54 bits per heavy atom. The molecule has 3 aromatic rings. The average molecular weight is 525 g/mol. The van der Waals surface area contributed by atoms with Crippen LogP contribution in [0.1, 0.15) is 62.3 Å². The van der Waals surface area contributed by atoms with Gasteiger partial charge in [0.15, 0.2) is 8.24 Å². The zero-order chi connectivity index (χ0) is 27.7. The summed E-state index contributed by atoms with van der Waals surface area (Å²) in [6, 6.07) is 10.6. The highest BCUT2D eigenvalue weighted by molar-refractivity contribution is 6.82. The maximum Gasteiger partial charge on any atom is 0.416 e. The molecule has 2 aromatic heterocycles. The Labute approximate surface area is 222 Å². The lowest BCUT2D eigenvalue weighted by molar-refractivity contribution is 0.0587. The molecule has 0 aliphatic carbocycles. The lowest BCUT2D eigenvalue weighted by Crippen LogP contribution is -2.52. The number of ether oxygens (including phenoxy) is 1. The van der Waals surface area contributed by atoms with Crippen molar-refractivity contribution in [1.82, 2.24) is 14.2 Å². The topological polar surface area (TPSA) is 60.2 Å².